The smallest absolute Gasteiger partial charge is 0.0443 e. The largest absolute Gasteiger partial charge is 0.0654 e. The van der Waals surface area contributed by atoms with Crippen LogP contribution in [0, 0.1) is 17.8 Å². The van der Waals surface area contributed by atoms with Gasteiger partial charge in [-0.2, -0.15) is 0 Å². The normalized spacial score (nSPS) is 15.2. The number of hydrogen-bond acceptors (Lipinski definition) is 0. The third-order valence-electron chi connectivity index (χ3n) is 3.92. The summed E-state index contributed by atoms with van der Waals surface area (Å²) in [4.78, 5) is 0. The van der Waals surface area contributed by atoms with E-state index in [2.05, 4.69) is 34.6 Å². The monoisotopic (exact) mass is 240 g/mol. The van der Waals surface area contributed by atoms with Crippen LogP contribution in [-0.2, 0) is 0 Å². The topological polar surface area (TPSA) is 0 Å². The first-order valence-electron chi connectivity index (χ1n) is 8.06. The zero-order valence-electron chi connectivity index (χ0n) is 13.1. The zero-order chi connectivity index (χ0) is 13.1. The van der Waals surface area contributed by atoms with Crippen LogP contribution in [-0.4, -0.2) is 0 Å². The van der Waals surface area contributed by atoms with Crippen molar-refractivity contribution in [3.05, 3.63) is 0 Å². The Morgan fingerprint density at radius 3 is 1.41 bits per heavy atom. The van der Waals surface area contributed by atoms with Crippen LogP contribution in [0.25, 0.3) is 0 Å². The van der Waals surface area contributed by atoms with Gasteiger partial charge in [0.2, 0.25) is 0 Å². The molecule has 0 aliphatic rings. The van der Waals surface area contributed by atoms with E-state index in [9.17, 15) is 0 Å². The fourth-order valence-electron chi connectivity index (χ4n) is 2.53. The molecule has 17 heavy (non-hydrogen) atoms. The summed E-state index contributed by atoms with van der Waals surface area (Å²) >= 11 is 0. The first-order valence-corrected chi connectivity index (χ1v) is 8.06. The second-order valence-electron chi connectivity index (χ2n) is 6.61. The molecule has 0 fully saturated rings. The molecular formula is C17H36. The highest BCUT2D eigenvalue weighted by Gasteiger charge is 2.05. The molecule has 0 aliphatic carbocycles. The molecule has 0 heterocycles. The maximum atomic E-state index is 2.44. The lowest BCUT2D eigenvalue weighted by Crippen LogP contribution is -2.00. The molecule has 0 saturated carbocycles. The lowest BCUT2D eigenvalue weighted by Gasteiger charge is -2.14. The van der Waals surface area contributed by atoms with Gasteiger partial charge in [-0.3, -0.25) is 0 Å². The molecule has 2 unspecified atom stereocenters. The molecule has 0 heteroatoms. The highest BCUT2D eigenvalue weighted by atomic mass is 14.1. The molecule has 0 aromatic heterocycles. The summed E-state index contributed by atoms with van der Waals surface area (Å²) in [5, 5.41) is 0. The van der Waals surface area contributed by atoms with Crippen molar-refractivity contribution in [1.82, 2.24) is 0 Å². The minimum atomic E-state index is 0.885. The van der Waals surface area contributed by atoms with Crippen molar-refractivity contribution in [1.29, 1.82) is 0 Å². The Labute approximate surface area is 111 Å². The molecule has 0 N–H and O–H groups in total. The summed E-state index contributed by atoms with van der Waals surface area (Å²) in [5.74, 6) is 2.79. The summed E-state index contributed by atoms with van der Waals surface area (Å²) in [6, 6.07) is 0. The van der Waals surface area contributed by atoms with E-state index in [1.165, 1.54) is 57.8 Å². The van der Waals surface area contributed by atoms with Crippen LogP contribution in [0.5, 0.6) is 0 Å². The molecular weight excluding hydrogens is 204 g/mol. The molecule has 0 aromatic rings. The van der Waals surface area contributed by atoms with Crippen molar-refractivity contribution in [3.63, 3.8) is 0 Å². The molecule has 104 valence electrons. The molecule has 0 saturated heterocycles. The Hall–Kier alpha value is 0. The zero-order valence-corrected chi connectivity index (χ0v) is 13.1. The van der Waals surface area contributed by atoms with E-state index in [4.69, 9.17) is 0 Å². The maximum Gasteiger partial charge on any atom is -0.0443 e. The molecule has 0 amide bonds. The van der Waals surface area contributed by atoms with Crippen LogP contribution in [0.15, 0.2) is 0 Å². The van der Waals surface area contributed by atoms with Crippen molar-refractivity contribution >= 4 is 0 Å². The van der Waals surface area contributed by atoms with E-state index in [1.807, 2.05) is 0 Å². The van der Waals surface area contributed by atoms with Crippen LogP contribution < -0.4 is 0 Å². The van der Waals surface area contributed by atoms with Gasteiger partial charge in [-0.15, -0.1) is 0 Å². The SMILES string of the molecule is CCCCC(C)CCCC(C)CCCC(C)C. The minimum Gasteiger partial charge on any atom is -0.0654 e. The third kappa shape index (κ3) is 12.2. The Morgan fingerprint density at radius 1 is 0.588 bits per heavy atom. The average molecular weight is 240 g/mol. The number of unbranched alkanes of at least 4 members (excludes halogenated alkanes) is 1. The standard InChI is InChI=1S/C17H36/c1-6-7-11-16(4)13-9-14-17(5)12-8-10-15(2)3/h15-17H,6-14H2,1-5H3. The van der Waals surface area contributed by atoms with Gasteiger partial charge in [-0.05, 0) is 17.8 Å². The first-order chi connectivity index (χ1) is 8.06. The Bertz CT molecular complexity index is 148. The van der Waals surface area contributed by atoms with Gasteiger partial charge in [0, 0.05) is 0 Å². The lowest BCUT2D eigenvalue weighted by atomic mass is 9.92. The summed E-state index contributed by atoms with van der Waals surface area (Å²) < 4.78 is 0. The van der Waals surface area contributed by atoms with Gasteiger partial charge in [0.1, 0.15) is 0 Å². The van der Waals surface area contributed by atoms with E-state index >= 15 is 0 Å². The highest BCUT2D eigenvalue weighted by Crippen LogP contribution is 2.21. The van der Waals surface area contributed by atoms with Gasteiger partial charge in [0.25, 0.3) is 0 Å². The second-order valence-corrected chi connectivity index (χ2v) is 6.61. The summed E-state index contributed by atoms with van der Waals surface area (Å²) in [6.07, 6.45) is 12.9. The predicted molar refractivity (Wildman–Crippen MR) is 80.4 cm³/mol. The fourth-order valence-corrected chi connectivity index (χ4v) is 2.53. The van der Waals surface area contributed by atoms with Crippen LogP contribution >= 0.6 is 0 Å². The molecule has 0 radical (unpaired) electrons. The van der Waals surface area contributed by atoms with Crippen molar-refractivity contribution < 1.29 is 0 Å². The molecule has 0 spiro atoms. The Kier molecular flexibility index (Phi) is 11.1. The minimum absolute atomic E-state index is 0.885. The van der Waals surface area contributed by atoms with E-state index in [0.29, 0.717) is 0 Å². The van der Waals surface area contributed by atoms with Gasteiger partial charge in [-0.25, -0.2) is 0 Å². The second kappa shape index (κ2) is 11.1. The molecule has 0 nitrogen and oxygen atoms in total. The van der Waals surface area contributed by atoms with Gasteiger partial charge in [0.15, 0.2) is 0 Å². The fraction of sp³-hybridized carbons (Fsp3) is 1.00. The van der Waals surface area contributed by atoms with E-state index in [0.717, 1.165) is 17.8 Å². The summed E-state index contributed by atoms with van der Waals surface area (Å²) in [5.41, 5.74) is 0. The van der Waals surface area contributed by atoms with Crippen LogP contribution in [0.4, 0.5) is 0 Å². The highest BCUT2D eigenvalue weighted by molar-refractivity contribution is 4.59. The van der Waals surface area contributed by atoms with Crippen molar-refractivity contribution in [2.75, 3.05) is 0 Å². The quantitative estimate of drug-likeness (QED) is 0.389. The Balaban J connectivity index is 3.34. The number of rotatable bonds is 11. The van der Waals surface area contributed by atoms with Crippen LogP contribution in [0.2, 0.25) is 0 Å². The lowest BCUT2D eigenvalue weighted by molar-refractivity contribution is 0.388. The first kappa shape index (κ1) is 17.0. The summed E-state index contributed by atoms with van der Waals surface area (Å²) in [7, 11) is 0. The van der Waals surface area contributed by atoms with Crippen LogP contribution in [0.1, 0.15) is 92.4 Å². The van der Waals surface area contributed by atoms with Crippen LogP contribution in [0.3, 0.4) is 0 Å². The molecule has 0 aliphatic heterocycles. The van der Waals surface area contributed by atoms with Crippen molar-refractivity contribution in [3.8, 4) is 0 Å². The van der Waals surface area contributed by atoms with E-state index in [-0.39, 0.29) is 0 Å². The molecule has 2 atom stereocenters. The van der Waals surface area contributed by atoms with Gasteiger partial charge >= 0.3 is 0 Å². The van der Waals surface area contributed by atoms with Gasteiger partial charge in [-0.1, -0.05) is 92.4 Å². The summed E-state index contributed by atoms with van der Waals surface area (Å²) in [6.45, 7) is 11.8. The Morgan fingerprint density at radius 2 is 1.00 bits per heavy atom. The van der Waals surface area contributed by atoms with E-state index in [1.54, 1.807) is 0 Å². The van der Waals surface area contributed by atoms with Gasteiger partial charge in [0.05, 0.1) is 0 Å². The predicted octanol–water partition coefficient (Wildman–Crippen LogP) is 6.45. The van der Waals surface area contributed by atoms with Crippen molar-refractivity contribution in [2.24, 2.45) is 17.8 Å². The third-order valence-corrected chi connectivity index (χ3v) is 3.92. The van der Waals surface area contributed by atoms with Gasteiger partial charge < -0.3 is 0 Å². The molecule has 0 aromatic carbocycles. The average Bonchev–Trinajstić information content (AvgIpc) is 2.25. The number of hydrogen-bond donors (Lipinski definition) is 0. The molecule has 0 rings (SSSR count). The van der Waals surface area contributed by atoms with Crippen molar-refractivity contribution in [2.45, 2.75) is 92.4 Å². The van der Waals surface area contributed by atoms with E-state index < -0.39 is 0 Å². The maximum absolute atomic E-state index is 2.44. The molecule has 0 bridgehead atoms.